The first kappa shape index (κ1) is 17.6. The highest BCUT2D eigenvalue weighted by atomic mass is 16.6. The van der Waals surface area contributed by atoms with Crippen molar-refractivity contribution in [1.82, 2.24) is 5.32 Å². The monoisotopic (exact) mass is 345 g/mol. The number of cyclic esters (lactones) is 1. The number of unbranched alkanes of at least 4 members (excludes halogenated alkanes) is 1. The van der Waals surface area contributed by atoms with Crippen LogP contribution in [0.5, 0.6) is 0 Å². The minimum absolute atomic E-state index is 0.152. The molecular formula is C19H27N3O3. The van der Waals surface area contributed by atoms with Crippen LogP contribution in [0.3, 0.4) is 0 Å². The van der Waals surface area contributed by atoms with Crippen LogP contribution in [-0.4, -0.2) is 31.3 Å². The molecule has 1 atom stereocenters. The zero-order chi connectivity index (χ0) is 17.6. The van der Waals surface area contributed by atoms with Gasteiger partial charge in [-0.3, -0.25) is 4.90 Å². The second-order valence-corrected chi connectivity index (χ2v) is 6.85. The lowest BCUT2D eigenvalue weighted by molar-refractivity contribution is 0.181. The summed E-state index contributed by atoms with van der Waals surface area (Å²) in [4.78, 5) is 25.5. The quantitative estimate of drug-likeness (QED) is 0.781. The highest BCUT2D eigenvalue weighted by Crippen LogP contribution is 2.31. The molecule has 0 aromatic heterocycles. The summed E-state index contributed by atoms with van der Waals surface area (Å²) in [6, 6.07) is 7.38. The van der Waals surface area contributed by atoms with Crippen LogP contribution in [0.2, 0.25) is 0 Å². The molecule has 1 saturated heterocycles. The van der Waals surface area contributed by atoms with Gasteiger partial charge in [0.15, 0.2) is 0 Å². The largest absolute Gasteiger partial charge is 0.447 e. The molecule has 2 fully saturated rings. The predicted octanol–water partition coefficient (Wildman–Crippen LogP) is 4.12. The number of anilines is 2. The fourth-order valence-corrected chi connectivity index (χ4v) is 3.38. The van der Waals surface area contributed by atoms with E-state index in [1.54, 1.807) is 4.90 Å². The summed E-state index contributed by atoms with van der Waals surface area (Å²) in [6.45, 7) is 3.16. The summed E-state index contributed by atoms with van der Waals surface area (Å²) in [5.74, 6) is 0.626. The number of hydrogen-bond acceptors (Lipinski definition) is 3. The second kappa shape index (κ2) is 8.23. The van der Waals surface area contributed by atoms with Gasteiger partial charge >= 0.3 is 12.1 Å². The van der Waals surface area contributed by atoms with E-state index in [4.69, 9.17) is 4.74 Å². The fraction of sp³-hybridized carbons (Fsp3) is 0.579. The highest BCUT2D eigenvalue weighted by molar-refractivity contribution is 5.91. The number of rotatable bonds is 7. The van der Waals surface area contributed by atoms with Crippen molar-refractivity contribution in [3.63, 3.8) is 0 Å². The molecule has 1 aromatic rings. The molecule has 0 radical (unpaired) electrons. The van der Waals surface area contributed by atoms with Crippen LogP contribution in [0.15, 0.2) is 24.3 Å². The van der Waals surface area contributed by atoms with Gasteiger partial charge in [0.1, 0.15) is 6.61 Å². The van der Waals surface area contributed by atoms with E-state index >= 15 is 0 Å². The predicted molar refractivity (Wildman–Crippen MR) is 97.9 cm³/mol. The van der Waals surface area contributed by atoms with E-state index in [1.165, 1.54) is 19.3 Å². The van der Waals surface area contributed by atoms with Gasteiger partial charge in [0.25, 0.3) is 0 Å². The summed E-state index contributed by atoms with van der Waals surface area (Å²) in [6.07, 6.45) is 6.72. The van der Waals surface area contributed by atoms with Crippen LogP contribution in [0.1, 0.15) is 45.4 Å². The fourth-order valence-electron chi connectivity index (χ4n) is 3.38. The molecule has 3 amide bonds. The molecule has 6 nitrogen and oxygen atoms in total. The van der Waals surface area contributed by atoms with Crippen LogP contribution in [0.25, 0.3) is 0 Å². The minimum atomic E-state index is -0.322. The summed E-state index contributed by atoms with van der Waals surface area (Å²) < 4.78 is 4.94. The van der Waals surface area contributed by atoms with E-state index in [9.17, 15) is 9.59 Å². The van der Waals surface area contributed by atoms with Gasteiger partial charge < -0.3 is 15.4 Å². The van der Waals surface area contributed by atoms with Gasteiger partial charge in [-0.2, -0.15) is 0 Å². The lowest BCUT2D eigenvalue weighted by atomic mass is 9.78. The molecule has 3 rings (SSSR count). The molecule has 1 saturated carbocycles. The van der Waals surface area contributed by atoms with E-state index < -0.39 is 0 Å². The Morgan fingerprint density at radius 2 is 2.08 bits per heavy atom. The third-order valence-corrected chi connectivity index (χ3v) is 5.10. The second-order valence-electron chi connectivity index (χ2n) is 6.85. The van der Waals surface area contributed by atoms with Crippen molar-refractivity contribution in [2.75, 3.05) is 23.4 Å². The number of benzene rings is 1. The number of carbonyl (C=O) groups excluding carboxylic acids is 2. The highest BCUT2D eigenvalue weighted by Gasteiger charge is 2.28. The number of urea groups is 1. The van der Waals surface area contributed by atoms with E-state index in [0.29, 0.717) is 19.1 Å². The van der Waals surface area contributed by atoms with Gasteiger partial charge in [0, 0.05) is 17.4 Å². The summed E-state index contributed by atoms with van der Waals surface area (Å²) in [7, 11) is 0. The number of carbonyl (C=O) groups is 2. The van der Waals surface area contributed by atoms with Gasteiger partial charge in [-0.1, -0.05) is 26.2 Å². The molecule has 6 heteroatoms. The van der Waals surface area contributed by atoms with Crippen molar-refractivity contribution < 1.29 is 14.3 Å². The van der Waals surface area contributed by atoms with Crippen molar-refractivity contribution in [1.29, 1.82) is 0 Å². The molecule has 0 bridgehead atoms. The van der Waals surface area contributed by atoms with E-state index in [2.05, 4.69) is 17.6 Å². The third kappa shape index (κ3) is 4.44. The van der Waals surface area contributed by atoms with Crippen molar-refractivity contribution in [2.45, 2.75) is 51.5 Å². The number of nitrogens with zero attached hydrogens (tertiary/aromatic N) is 1. The average molecular weight is 345 g/mol. The number of ether oxygens (including phenoxy) is 1. The van der Waals surface area contributed by atoms with E-state index in [-0.39, 0.29) is 18.2 Å². The molecule has 136 valence electrons. The molecular weight excluding hydrogens is 318 g/mol. The Labute approximate surface area is 148 Å². The maximum Gasteiger partial charge on any atom is 0.414 e. The van der Waals surface area contributed by atoms with E-state index in [1.807, 2.05) is 24.3 Å². The smallest absolute Gasteiger partial charge is 0.414 e. The SMILES string of the molecule is CCCCC(NC(=O)Nc1ccc(N2CCOC2=O)cc1)C1CCC1. The minimum Gasteiger partial charge on any atom is -0.447 e. The molecule has 1 aliphatic carbocycles. The lowest BCUT2D eigenvalue weighted by Gasteiger charge is -2.34. The Kier molecular flexibility index (Phi) is 5.79. The first-order valence-corrected chi connectivity index (χ1v) is 9.29. The molecule has 2 aliphatic rings. The Hall–Kier alpha value is -2.24. The van der Waals surface area contributed by atoms with Crippen LogP contribution in [-0.2, 0) is 4.74 Å². The van der Waals surface area contributed by atoms with Crippen LogP contribution < -0.4 is 15.5 Å². The summed E-state index contributed by atoms with van der Waals surface area (Å²) >= 11 is 0. The first-order chi connectivity index (χ1) is 12.2. The summed E-state index contributed by atoms with van der Waals surface area (Å²) in [5.41, 5.74) is 1.50. The average Bonchev–Trinajstić information content (AvgIpc) is 2.97. The van der Waals surface area contributed by atoms with Crippen LogP contribution in [0, 0.1) is 5.92 Å². The standard InChI is InChI=1S/C19H27N3O3/c1-2-3-7-17(14-5-4-6-14)21-18(23)20-15-8-10-16(11-9-15)22-12-13-25-19(22)24/h8-11,14,17H,2-7,12-13H2,1H3,(H2,20,21,23). The Bertz CT molecular complexity index is 598. The number of nitrogens with one attached hydrogen (secondary N) is 2. The first-order valence-electron chi connectivity index (χ1n) is 9.29. The van der Waals surface area contributed by atoms with E-state index in [0.717, 1.165) is 30.6 Å². The van der Waals surface area contributed by atoms with Gasteiger partial charge in [-0.05, 0) is 49.4 Å². The molecule has 1 aliphatic heterocycles. The third-order valence-electron chi connectivity index (χ3n) is 5.10. The molecule has 2 N–H and O–H groups in total. The molecule has 25 heavy (non-hydrogen) atoms. The summed E-state index contributed by atoms with van der Waals surface area (Å²) in [5, 5.41) is 6.04. The topological polar surface area (TPSA) is 70.7 Å². The van der Waals surface area contributed by atoms with Gasteiger partial charge in [-0.15, -0.1) is 0 Å². The van der Waals surface area contributed by atoms with Crippen molar-refractivity contribution in [2.24, 2.45) is 5.92 Å². The van der Waals surface area contributed by atoms with Crippen molar-refractivity contribution in [3.8, 4) is 0 Å². The Balaban J connectivity index is 1.53. The molecule has 1 aromatic carbocycles. The Morgan fingerprint density at radius 1 is 1.32 bits per heavy atom. The van der Waals surface area contributed by atoms with Crippen molar-refractivity contribution in [3.05, 3.63) is 24.3 Å². The Morgan fingerprint density at radius 3 is 2.64 bits per heavy atom. The zero-order valence-electron chi connectivity index (χ0n) is 14.8. The molecule has 1 unspecified atom stereocenters. The van der Waals surface area contributed by atoms with Crippen LogP contribution >= 0.6 is 0 Å². The van der Waals surface area contributed by atoms with Gasteiger partial charge in [0.05, 0.1) is 6.54 Å². The maximum absolute atomic E-state index is 12.3. The van der Waals surface area contributed by atoms with Gasteiger partial charge in [-0.25, -0.2) is 9.59 Å². The normalized spacial score (nSPS) is 18.4. The zero-order valence-corrected chi connectivity index (χ0v) is 14.8. The number of hydrogen-bond donors (Lipinski definition) is 2. The number of amides is 3. The van der Waals surface area contributed by atoms with Crippen LogP contribution in [0.4, 0.5) is 21.0 Å². The molecule has 1 heterocycles. The van der Waals surface area contributed by atoms with Crippen molar-refractivity contribution >= 4 is 23.5 Å². The lowest BCUT2D eigenvalue weighted by Crippen LogP contribution is -2.44. The maximum atomic E-state index is 12.3. The molecule has 0 spiro atoms. The van der Waals surface area contributed by atoms with Gasteiger partial charge in [0.2, 0.25) is 0 Å².